The quantitative estimate of drug-likeness (QED) is 0.784. The molecule has 1 amide bonds. The molecule has 3 nitrogen and oxygen atoms in total. The molecule has 4 heteroatoms. The average Bonchev–Trinajstić information content (AvgIpc) is 2.84. The van der Waals surface area contributed by atoms with Gasteiger partial charge in [-0.2, -0.15) is 0 Å². The minimum absolute atomic E-state index is 0.0231. The summed E-state index contributed by atoms with van der Waals surface area (Å²) < 4.78 is 0. The first-order chi connectivity index (χ1) is 11.4. The molecule has 2 aromatic carbocycles. The molecular formula is C20H20ClNO2. The number of rotatable bonds is 3. The molecule has 1 unspecified atom stereocenters. The summed E-state index contributed by atoms with van der Waals surface area (Å²) in [5, 5.41) is 0.680. The van der Waals surface area contributed by atoms with Crippen molar-refractivity contribution in [2.45, 2.75) is 32.7 Å². The molecule has 3 rings (SSSR count). The van der Waals surface area contributed by atoms with E-state index in [2.05, 4.69) is 0 Å². The summed E-state index contributed by atoms with van der Waals surface area (Å²) in [4.78, 5) is 26.8. The largest absolute Gasteiger partial charge is 0.332 e. The third-order valence-electron chi connectivity index (χ3n) is 4.57. The van der Waals surface area contributed by atoms with E-state index in [1.54, 1.807) is 4.90 Å². The highest BCUT2D eigenvalue weighted by atomic mass is 35.5. The molecule has 0 radical (unpaired) electrons. The van der Waals surface area contributed by atoms with Gasteiger partial charge in [-0.05, 0) is 61.2 Å². The molecule has 1 saturated heterocycles. The van der Waals surface area contributed by atoms with Crippen LogP contribution in [-0.4, -0.2) is 29.2 Å². The van der Waals surface area contributed by atoms with Crippen LogP contribution < -0.4 is 0 Å². The fraction of sp³-hybridized carbons (Fsp3) is 0.300. The third-order valence-corrected chi connectivity index (χ3v) is 4.82. The number of carbonyl (C=O) groups is 2. The van der Waals surface area contributed by atoms with Crippen LogP contribution in [0.1, 0.15) is 30.9 Å². The van der Waals surface area contributed by atoms with Gasteiger partial charge in [-0.1, -0.05) is 35.9 Å². The number of carbonyl (C=O) groups excluding carboxylic acids is 2. The Morgan fingerprint density at radius 3 is 2.25 bits per heavy atom. The lowest BCUT2D eigenvalue weighted by molar-refractivity contribution is -0.130. The number of Topliss-reactive ketones (excluding diaryl/α,β-unsaturated/α-hetero) is 1. The normalized spacial score (nSPS) is 17.9. The van der Waals surface area contributed by atoms with Crippen LogP contribution in [0, 0.1) is 6.92 Å². The average molecular weight is 342 g/mol. The molecule has 0 bridgehead atoms. The lowest BCUT2D eigenvalue weighted by Crippen LogP contribution is -2.33. The summed E-state index contributed by atoms with van der Waals surface area (Å²) in [6.07, 6.45) is 0. The van der Waals surface area contributed by atoms with Crippen LogP contribution >= 0.6 is 11.6 Å². The summed E-state index contributed by atoms with van der Waals surface area (Å²) in [5.74, 6) is -0.795. The molecule has 0 spiro atoms. The number of ketones is 1. The van der Waals surface area contributed by atoms with E-state index in [-0.39, 0.29) is 24.3 Å². The van der Waals surface area contributed by atoms with Crippen molar-refractivity contribution in [2.24, 2.45) is 0 Å². The van der Waals surface area contributed by atoms with Gasteiger partial charge in [0.1, 0.15) is 5.92 Å². The number of benzene rings is 2. The predicted molar refractivity (Wildman–Crippen MR) is 96.2 cm³/mol. The molecule has 1 atom stereocenters. The van der Waals surface area contributed by atoms with Crippen LogP contribution in [0.2, 0.25) is 5.02 Å². The Morgan fingerprint density at radius 2 is 1.67 bits per heavy atom. The molecule has 24 heavy (non-hydrogen) atoms. The van der Waals surface area contributed by atoms with Gasteiger partial charge in [-0.25, -0.2) is 0 Å². The van der Waals surface area contributed by atoms with Gasteiger partial charge in [-0.15, -0.1) is 0 Å². The second kappa shape index (κ2) is 6.40. The Morgan fingerprint density at radius 1 is 1.04 bits per heavy atom. The Hall–Kier alpha value is -2.13. The smallest absolute Gasteiger partial charge is 0.238 e. The van der Waals surface area contributed by atoms with Crippen molar-refractivity contribution in [3.63, 3.8) is 0 Å². The van der Waals surface area contributed by atoms with Gasteiger partial charge in [0, 0.05) is 11.1 Å². The lowest BCUT2D eigenvalue weighted by atomic mass is 9.89. The van der Waals surface area contributed by atoms with E-state index in [1.807, 2.05) is 63.2 Å². The molecule has 2 aromatic rings. The predicted octanol–water partition coefficient (Wildman–Crippen LogP) is 4.22. The van der Waals surface area contributed by atoms with Crippen molar-refractivity contribution in [2.75, 3.05) is 6.54 Å². The fourth-order valence-corrected chi connectivity index (χ4v) is 3.28. The summed E-state index contributed by atoms with van der Waals surface area (Å²) in [6.45, 7) is 6.01. The lowest BCUT2D eigenvalue weighted by Gasteiger charge is -2.20. The second-order valence-electron chi connectivity index (χ2n) is 6.54. The molecule has 0 aromatic heterocycles. The SMILES string of the molecule is Cc1ccc(-c2ccc(Cl)cc2)cc1C1C(=O)CN(C(C)C)C1=O. The first-order valence-corrected chi connectivity index (χ1v) is 8.46. The van der Waals surface area contributed by atoms with Crippen molar-refractivity contribution in [1.29, 1.82) is 0 Å². The molecule has 124 valence electrons. The van der Waals surface area contributed by atoms with Crippen LogP contribution in [0.4, 0.5) is 0 Å². The van der Waals surface area contributed by atoms with E-state index in [4.69, 9.17) is 11.6 Å². The molecule has 1 aliphatic rings. The summed E-state index contributed by atoms with van der Waals surface area (Å²) in [6, 6.07) is 13.5. The van der Waals surface area contributed by atoms with E-state index >= 15 is 0 Å². The summed E-state index contributed by atoms with van der Waals surface area (Å²) >= 11 is 5.95. The number of hydrogen-bond acceptors (Lipinski definition) is 2. The molecule has 1 aliphatic heterocycles. The zero-order valence-corrected chi connectivity index (χ0v) is 14.8. The maximum Gasteiger partial charge on any atom is 0.238 e. The zero-order chi connectivity index (χ0) is 17.4. The zero-order valence-electron chi connectivity index (χ0n) is 14.0. The topological polar surface area (TPSA) is 37.4 Å². The summed E-state index contributed by atoms with van der Waals surface area (Å²) in [5.41, 5.74) is 3.76. The van der Waals surface area contributed by atoms with Gasteiger partial charge in [0.05, 0.1) is 6.54 Å². The van der Waals surface area contributed by atoms with Crippen molar-refractivity contribution in [3.05, 3.63) is 58.6 Å². The molecule has 1 fully saturated rings. The van der Waals surface area contributed by atoms with Crippen LogP contribution in [-0.2, 0) is 9.59 Å². The maximum atomic E-state index is 12.7. The van der Waals surface area contributed by atoms with E-state index in [1.165, 1.54) is 0 Å². The summed E-state index contributed by atoms with van der Waals surface area (Å²) in [7, 11) is 0. The van der Waals surface area contributed by atoms with Crippen molar-refractivity contribution in [1.82, 2.24) is 4.90 Å². The van der Waals surface area contributed by atoms with Crippen molar-refractivity contribution >= 4 is 23.3 Å². The van der Waals surface area contributed by atoms with E-state index < -0.39 is 5.92 Å². The molecule has 0 N–H and O–H groups in total. The molecule has 0 aliphatic carbocycles. The number of likely N-dealkylation sites (tertiary alicyclic amines) is 1. The Labute approximate surface area is 147 Å². The van der Waals surface area contributed by atoms with Crippen molar-refractivity contribution < 1.29 is 9.59 Å². The number of amides is 1. The van der Waals surface area contributed by atoms with E-state index in [9.17, 15) is 9.59 Å². The molecule has 0 saturated carbocycles. The highest BCUT2D eigenvalue weighted by Crippen LogP contribution is 2.33. The highest BCUT2D eigenvalue weighted by Gasteiger charge is 2.41. The van der Waals surface area contributed by atoms with Gasteiger partial charge in [0.2, 0.25) is 5.91 Å². The fourth-order valence-electron chi connectivity index (χ4n) is 3.16. The minimum Gasteiger partial charge on any atom is -0.332 e. The minimum atomic E-state index is -0.681. The number of aryl methyl sites for hydroxylation is 1. The monoisotopic (exact) mass is 341 g/mol. The van der Waals surface area contributed by atoms with Gasteiger partial charge < -0.3 is 4.90 Å². The van der Waals surface area contributed by atoms with E-state index in [0.717, 1.165) is 22.3 Å². The number of halogens is 1. The Balaban J connectivity index is 2.02. The molecular weight excluding hydrogens is 322 g/mol. The van der Waals surface area contributed by atoms with Gasteiger partial charge in [0.25, 0.3) is 0 Å². The first kappa shape index (κ1) is 16.7. The maximum absolute atomic E-state index is 12.7. The third kappa shape index (κ3) is 2.96. The second-order valence-corrected chi connectivity index (χ2v) is 6.97. The van der Waals surface area contributed by atoms with Gasteiger partial charge in [-0.3, -0.25) is 9.59 Å². The standard InChI is InChI=1S/C20H20ClNO2/c1-12(2)22-11-18(23)19(20(22)24)17-10-15(5-4-13(17)3)14-6-8-16(21)9-7-14/h4-10,12,19H,11H2,1-3H3. The van der Waals surface area contributed by atoms with Gasteiger partial charge >= 0.3 is 0 Å². The van der Waals surface area contributed by atoms with Crippen molar-refractivity contribution in [3.8, 4) is 11.1 Å². The van der Waals surface area contributed by atoms with Crippen LogP contribution in [0.25, 0.3) is 11.1 Å². The van der Waals surface area contributed by atoms with Crippen LogP contribution in [0.3, 0.4) is 0 Å². The Kier molecular flexibility index (Phi) is 4.46. The van der Waals surface area contributed by atoms with Gasteiger partial charge in [0.15, 0.2) is 5.78 Å². The molecule has 1 heterocycles. The first-order valence-electron chi connectivity index (χ1n) is 8.08. The van der Waals surface area contributed by atoms with Crippen LogP contribution in [0.15, 0.2) is 42.5 Å². The number of nitrogens with zero attached hydrogens (tertiary/aromatic N) is 1. The van der Waals surface area contributed by atoms with E-state index in [0.29, 0.717) is 5.02 Å². The van der Waals surface area contributed by atoms with Crippen LogP contribution in [0.5, 0.6) is 0 Å². The number of hydrogen-bond donors (Lipinski definition) is 0. The Bertz CT molecular complexity index is 796. The highest BCUT2D eigenvalue weighted by molar-refractivity contribution is 6.30.